The van der Waals surface area contributed by atoms with Crippen LogP contribution in [0.3, 0.4) is 0 Å². The van der Waals surface area contributed by atoms with Gasteiger partial charge in [0.15, 0.2) is 0 Å². The molecule has 5 nitrogen and oxygen atoms in total. The lowest BCUT2D eigenvalue weighted by molar-refractivity contribution is -0.124. The third kappa shape index (κ3) is 2.68. The summed E-state index contributed by atoms with van der Waals surface area (Å²) in [6.07, 6.45) is 0. The molecule has 2 aromatic rings. The van der Waals surface area contributed by atoms with Crippen molar-refractivity contribution >= 4 is 40.1 Å². The summed E-state index contributed by atoms with van der Waals surface area (Å²) >= 11 is 11.9. The van der Waals surface area contributed by atoms with Crippen LogP contribution in [0.25, 0.3) is 11.0 Å². The number of fused-ring (bicyclic) bond motifs is 1. The van der Waals surface area contributed by atoms with E-state index in [0.717, 1.165) is 23.4 Å². The molecule has 0 aliphatic carbocycles. The largest absolute Gasteiger partial charge is 0.354 e. The van der Waals surface area contributed by atoms with Gasteiger partial charge in [-0.25, -0.2) is 4.98 Å². The minimum atomic E-state index is 0.0495. The molecule has 0 spiro atoms. The van der Waals surface area contributed by atoms with Crippen LogP contribution in [0.5, 0.6) is 0 Å². The van der Waals surface area contributed by atoms with Gasteiger partial charge in [0.05, 0.1) is 34.2 Å². The predicted molar refractivity (Wildman–Crippen MR) is 74.4 cm³/mol. The molecule has 7 heteroatoms. The lowest BCUT2D eigenvalue weighted by atomic mass is 10.3. The molecule has 1 amide bonds. The molecular weight excluding hydrogens is 287 g/mol. The van der Waals surface area contributed by atoms with Crippen LogP contribution in [-0.2, 0) is 11.3 Å². The van der Waals surface area contributed by atoms with Crippen LogP contribution in [0.1, 0.15) is 5.82 Å². The van der Waals surface area contributed by atoms with E-state index in [2.05, 4.69) is 15.3 Å². The van der Waals surface area contributed by atoms with Crippen LogP contribution in [0.2, 0.25) is 10.0 Å². The number of H-pyrrole nitrogens is 1. The summed E-state index contributed by atoms with van der Waals surface area (Å²) in [5, 5.41) is 3.79. The average Bonchev–Trinajstić information content (AvgIpc) is 2.71. The van der Waals surface area contributed by atoms with Crippen molar-refractivity contribution in [1.29, 1.82) is 0 Å². The highest BCUT2D eigenvalue weighted by atomic mass is 35.5. The van der Waals surface area contributed by atoms with E-state index in [1.54, 1.807) is 12.1 Å². The number of imidazole rings is 1. The number of carbonyl (C=O) groups excluding carboxylic acids is 1. The van der Waals surface area contributed by atoms with Crippen LogP contribution < -0.4 is 5.32 Å². The summed E-state index contributed by atoms with van der Waals surface area (Å²) in [7, 11) is 0. The van der Waals surface area contributed by atoms with Crippen LogP contribution in [-0.4, -0.2) is 40.4 Å². The van der Waals surface area contributed by atoms with Gasteiger partial charge in [0.25, 0.3) is 0 Å². The molecule has 2 N–H and O–H groups in total. The van der Waals surface area contributed by atoms with E-state index >= 15 is 0 Å². The van der Waals surface area contributed by atoms with Gasteiger partial charge in [-0.3, -0.25) is 9.69 Å². The topological polar surface area (TPSA) is 61.0 Å². The summed E-state index contributed by atoms with van der Waals surface area (Å²) < 4.78 is 0. The van der Waals surface area contributed by atoms with Gasteiger partial charge in [-0.2, -0.15) is 0 Å². The van der Waals surface area contributed by atoms with E-state index in [1.807, 2.05) is 4.90 Å². The molecule has 1 fully saturated rings. The maximum absolute atomic E-state index is 11.3. The van der Waals surface area contributed by atoms with Gasteiger partial charge in [0.1, 0.15) is 5.82 Å². The van der Waals surface area contributed by atoms with Gasteiger partial charge in [-0.15, -0.1) is 0 Å². The highest BCUT2D eigenvalue weighted by Gasteiger charge is 2.17. The Morgan fingerprint density at radius 2 is 2.11 bits per heavy atom. The van der Waals surface area contributed by atoms with E-state index in [1.165, 1.54) is 0 Å². The normalized spacial score (nSPS) is 16.8. The van der Waals surface area contributed by atoms with Gasteiger partial charge in [0.2, 0.25) is 5.91 Å². The first kappa shape index (κ1) is 12.7. The summed E-state index contributed by atoms with van der Waals surface area (Å²) in [5.74, 6) is 0.858. The summed E-state index contributed by atoms with van der Waals surface area (Å²) in [4.78, 5) is 21.0. The molecule has 2 heterocycles. The number of hydrogen-bond donors (Lipinski definition) is 2. The fourth-order valence-electron chi connectivity index (χ4n) is 2.17. The Morgan fingerprint density at radius 1 is 1.32 bits per heavy atom. The number of carbonyl (C=O) groups is 1. The minimum absolute atomic E-state index is 0.0495. The SMILES string of the molecule is O=C1CN(Cc2nc3cc(Cl)c(Cl)cc3[nH]2)CCN1. The third-order valence-electron chi connectivity index (χ3n) is 3.06. The Labute approximate surface area is 119 Å². The molecule has 0 bridgehead atoms. The molecule has 0 unspecified atom stereocenters. The Kier molecular flexibility index (Phi) is 3.35. The lowest BCUT2D eigenvalue weighted by Crippen LogP contribution is -2.47. The summed E-state index contributed by atoms with van der Waals surface area (Å²) in [6, 6.07) is 3.50. The maximum Gasteiger partial charge on any atom is 0.234 e. The first-order valence-corrected chi connectivity index (χ1v) is 6.70. The number of hydrogen-bond acceptors (Lipinski definition) is 3. The molecule has 1 aliphatic rings. The van der Waals surface area contributed by atoms with E-state index in [-0.39, 0.29) is 5.91 Å². The molecule has 1 saturated heterocycles. The number of aromatic amines is 1. The maximum atomic E-state index is 11.3. The van der Waals surface area contributed by atoms with E-state index in [0.29, 0.717) is 29.7 Å². The Balaban J connectivity index is 1.83. The highest BCUT2D eigenvalue weighted by molar-refractivity contribution is 6.42. The third-order valence-corrected chi connectivity index (χ3v) is 3.79. The summed E-state index contributed by atoms with van der Waals surface area (Å²) in [6.45, 7) is 2.51. The molecule has 0 saturated carbocycles. The van der Waals surface area contributed by atoms with Gasteiger partial charge in [-0.1, -0.05) is 23.2 Å². The predicted octanol–water partition coefficient (Wildman–Crippen LogP) is 1.80. The molecular formula is C12H12Cl2N4O. The van der Waals surface area contributed by atoms with Crippen LogP contribution in [0.15, 0.2) is 12.1 Å². The van der Waals surface area contributed by atoms with Crippen molar-refractivity contribution in [2.45, 2.75) is 6.54 Å². The zero-order valence-corrected chi connectivity index (χ0v) is 11.6. The van der Waals surface area contributed by atoms with Gasteiger partial charge in [-0.05, 0) is 12.1 Å². The van der Waals surface area contributed by atoms with Crippen molar-refractivity contribution in [2.75, 3.05) is 19.6 Å². The Morgan fingerprint density at radius 3 is 2.89 bits per heavy atom. The van der Waals surface area contributed by atoms with E-state index in [4.69, 9.17) is 23.2 Å². The number of piperazine rings is 1. The number of nitrogens with one attached hydrogen (secondary N) is 2. The van der Waals surface area contributed by atoms with Gasteiger partial charge >= 0.3 is 0 Å². The van der Waals surface area contributed by atoms with Crippen LogP contribution in [0, 0.1) is 0 Å². The molecule has 0 atom stereocenters. The fourth-order valence-corrected chi connectivity index (χ4v) is 2.49. The second-order valence-electron chi connectivity index (χ2n) is 4.53. The zero-order chi connectivity index (χ0) is 13.4. The van der Waals surface area contributed by atoms with Crippen molar-refractivity contribution in [2.24, 2.45) is 0 Å². The number of halogens is 2. The fraction of sp³-hybridized carbons (Fsp3) is 0.333. The molecule has 100 valence electrons. The average molecular weight is 299 g/mol. The minimum Gasteiger partial charge on any atom is -0.354 e. The second kappa shape index (κ2) is 5.00. The Bertz CT molecular complexity index is 601. The van der Waals surface area contributed by atoms with E-state index < -0.39 is 0 Å². The molecule has 19 heavy (non-hydrogen) atoms. The Hall–Kier alpha value is -1.30. The molecule has 1 aromatic carbocycles. The van der Waals surface area contributed by atoms with Crippen LogP contribution >= 0.6 is 23.2 Å². The second-order valence-corrected chi connectivity index (χ2v) is 5.34. The number of nitrogens with zero attached hydrogens (tertiary/aromatic N) is 2. The van der Waals surface area contributed by atoms with Gasteiger partial charge in [0, 0.05) is 13.1 Å². The standard InChI is InChI=1S/C12H12Cl2N4O/c13-7-3-9-10(4-8(7)14)17-11(16-9)5-18-2-1-15-12(19)6-18/h3-4H,1-2,5-6H2,(H,15,19)(H,16,17). The summed E-state index contributed by atoms with van der Waals surface area (Å²) in [5.41, 5.74) is 1.64. The van der Waals surface area contributed by atoms with Crippen molar-refractivity contribution < 1.29 is 4.79 Å². The quantitative estimate of drug-likeness (QED) is 0.889. The first-order chi connectivity index (χ1) is 9.11. The number of amides is 1. The van der Waals surface area contributed by atoms with Crippen molar-refractivity contribution in [3.05, 3.63) is 28.0 Å². The molecule has 0 radical (unpaired) electrons. The highest BCUT2D eigenvalue weighted by Crippen LogP contribution is 2.26. The first-order valence-electron chi connectivity index (χ1n) is 5.94. The zero-order valence-electron chi connectivity index (χ0n) is 10.0. The van der Waals surface area contributed by atoms with Gasteiger partial charge < -0.3 is 10.3 Å². The molecule has 3 rings (SSSR count). The number of benzene rings is 1. The number of aromatic nitrogens is 2. The van der Waals surface area contributed by atoms with E-state index in [9.17, 15) is 4.79 Å². The smallest absolute Gasteiger partial charge is 0.234 e. The lowest BCUT2D eigenvalue weighted by Gasteiger charge is -2.25. The number of rotatable bonds is 2. The molecule has 1 aliphatic heterocycles. The van der Waals surface area contributed by atoms with Crippen molar-refractivity contribution in [1.82, 2.24) is 20.2 Å². The van der Waals surface area contributed by atoms with Crippen LogP contribution in [0.4, 0.5) is 0 Å². The van der Waals surface area contributed by atoms with Crippen molar-refractivity contribution in [3.63, 3.8) is 0 Å². The monoisotopic (exact) mass is 298 g/mol. The molecule has 1 aromatic heterocycles. The van der Waals surface area contributed by atoms with Crippen molar-refractivity contribution in [3.8, 4) is 0 Å².